The van der Waals surface area contributed by atoms with Crippen LogP contribution in [0.3, 0.4) is 0 Å². The summed E-state index contributed by atoms with van der Waals surface area (Å²) in [5, 5.41) is 10.8. The maximum Gasteiger partial charge on any atom is 0.123 e. The minimum Gasteiger partial charge on any atom is -0.496 e. The number of piperidine rings is 1. The molecule has 0 amide bonds. The Morgan fingerprint density at radius 1 is 1.33 bits per heavy atom. The Labute approximate surface area is 127 Å². The van der Waals surface area contributed by atoms with Crippen molar-refractivity contribution in [1.82, 2.24) is 4.90 Å². The molecular formula is C18H27NO2. The van der Waals surface area contributed by atoms with Gasteiger partial charge in [-0.15, -0.1) is 0 Å². The van der Waals surface area contributed by atoms with Crippen molar-refractivity contribution in [3.05, 3.63) is 29.3 Å². The molecule has 21 heavy (non-hydrogen) atoms. The molecule has 0 spiro atoms. The van der Waals surface area contributed by atoms with Gasteiger partial charge in [-0.3, -0.25) is 4.90 Å². The molecule has 2 atom stereocenters. The average molecular weight is 289 g/mol. The fourth-order valence-electron chi connectivity index (χ4n) is 4.06. The second-order valence-corrected chi connectivity index (χ2v) is 6.85. The van der Waals surface area contributed by atoms with E-state index in [2.05, 4.69) is 30.0 Å². The van der Waals surface area contributed by atoms with Gasteiger partial charge in [0.15, 0.2) is 0 Å². The summed E-state index contributed by atoms with van der Waals surface area (Å²) < 4.78 is 5.49. The molecule has 3 rings (SSSR count). The van der Waals surface area contributed by atoms with Gasteiger partial charge in [0.05, 0.1) is 12.7 Å². The predicted octanol–water partition coefficient (Wildman–Crippen LogP) is 3.13. The van der Waals surface area contributed by atoms with Crippen molar-refractivity contribution in [3.8, 4) is 5.75 Å². The van der Waals surface area contributed by atoms with Gasteiger partial charge in [-0.05, 0) is 32.3 Å². The van der Waals surface area contributed by atoms with Gasteiger partial charge in [-0.2, -0.15) is 0 Å². The van der Waals surface area contributed by atoms with Gasteiger partial charge in [0.2, 0.25) is 0 Å². The first-order valence-corrected chi connectivity index (χ1v) is 8.19. The molecule has 3 nitrogen and oxygen atoms in total. The molecule has 1 aliphatic carbocycles. The lowest BCUT2D eigenvalue weighted by molar-refractivity contribution is -0.0968. The van der Waals surface area contributed by atoms with Crippen molar-refractivity contribution < 1.29 is 9.84 Å². The van der Waals surface area contributed by atoms with E-state index in [-0.39, 0.29) is 5.60 Å². The van der Waals surface area contributed by atoms with Crippen LogP contribution in [0.15, 0.2) is 18.2 Å². The number of benzene rings is 1. The van der Waals surface area contributed by atoms with Gasteiger partial charge >= 0.3 is 0 Å². The molecule has 1 aromatic rings. The number of methoxy groups -OCH3 is 1. The quantitative estimate of drug-likeness (QED) is 0.928. The van der Waals surface area contributed by atoms with Gasteiger partial charge in [0, 0.05) is 31.1 Å². The van der Waals surface area contributed by atoms with Crippen LogP contribution in [0, 0.1) is 12.8 Å². The Morgan fingerprint density at radius 3 is 3.00 bits per heavy atom. The summed E-state index contributed by atoms with van der Waals surface area (Å²) in [5.41, 5.74) is 2.15. The first-order valence-electron chi connectivity index (χ1n) is 8.19. The Balaban J connectivity index is 1.70. The van der Waals surface area contributed by atoms with E-state index in [4.69, 9.17) is 4.74 Å². The number of nitrogens with zero attached hydrogens (tertiary/aromatic N) is 1. The zero-order chi connectivity index (χ0) is 14.9. The summed E-state index contributed by atoms with van der Waals surface area (Å²) in [7, 11) is 1.74. The zero-order valence-corrected chi connectivity index (χ0v) is 13.3. The highest BCUT2D eigenvalue weighted by Crippen LogP contribution is 2.40. The lowest BCUT2D eigenvalue weighted by Gasteiger charge is -2.47. The molecular weight excluding hydrogens is 262 g/mol. The van der Waals surface area contributed by atoms with E-state index in [1.165, 1.54) is 30.4 Å². The minimum atomic E-state index is -0.383. The highest BCUT2D eigenvalue weighted by molar-refractivity contribution is 5.36. The lowest BCUT2D eigenvalue weighted by atomic mass is 9.71. The lowest BCUT2D eigenvalue weighted by Crippen LogP contribution is -2.52. The van der Waals surface area contributed by atoms with Crippen molar-refractivity contribution in [1.29, 1.82) is 0 Å². The van der Waals surface area contributed by atoms with Crippen LogP contribution >= 0.6 is 0 Å². The van der Waals surface area contributed by atoms with E-state index in [1.807, 2.05) is 0 Å². The van der Waals surface area contributed by atoms with Gasteiger partial charge in [-0.25, -0.2) is 0 Å². The Bertz CT molecular complexity index is 502. The average Bonchev–Trinajstić information content (AvgIpc) is 2.48. The smallest absolute Gasteiger partial charge is 0.123 e. The molecule has 0 aromatic heterocycles. The Hall–Kier alpha value is -1.06. The van der Waals surface area contributed by atoms with Crippen LogP contribution in [-0.4, -0.2) is 35.8 Å². The summed E-state index contributed by atoms with van der Waals surface area (Å²) in [5.74, 6) is 1.43. The number of aliphatic hydroxyl groups is 1. The van der Waals surface area contributed by atoms with Gasteiger partial charge < -0.3 is 9.84 Å². The van der Waals surface area contributed by atoms with Crippen LogP contribution in [0.5, 0.6) is 5.75 Å². The fraction of sp³-hybridized carbons (Fsp3) is 0.667. The second kappa shape index (κ2) is 5.98. The standard InChI is InChI=1S/C18H27NO2/c1-14-6-7-17(21-2)15(11-14)12-19-10-9-18(20)8-4-3-5-16(18)13-19/h6-7,11,16,20H,3-5,8-10,12-13H2,1-2H3. The maximum absolute atomic E-state index is 10.8. The molecule has 1 aromatic carbocycles. The second-order valence-electron chi connectivity index (χ2n) is 6.85. The van der Waals surface area contributed by atoms with Gasteiger partial charge in [0.25, 0.3) is 0 Å². The Kier molecular flexibility index (Phi) is 4.23. The molecule has 0 radical (unpaired) electrons. The molecule has 1 heterocycles. The summed E-state index contributed by atoms with van der Waals surface area (Å²) in [6, 6.07) is 6.38. The fourth-order valence-corrected chi connectivity index (χ4v) is 4.06. The van der Waals surface area contributed by atoms with Crippen LogP contribution in [0.1, 0.15) is 43.2 Å². The topological polar surface area (TPSA) is 32.7 Å². The van der Waals surface area contributed by atoms with Crippen LogP contribution < -0.4 is 4.74 Å². The van der Waals surface area contributed by atoms with Crippen LogP contribution in [0.2, 0.25) is 0 Å². The molecule has 3 heteroatoms. The first kappa shape index (κ1) is 14.9. The summed E-state index contributed by atoms with van der Waals surface area (Å²) >= 11 is 0. The third kappa shape index (κ3) is 3.09. The predicted molar refractivity (Wildman–Crippen MR) is 84.5 cm³/mol. The molecule has 1 saturated carbocycles. The summed E-state index contributed by atoms with van der Waals surface area (Å²) in [6.07, 6.45) is 5.57. The number of aryl methyl sites for hydroxylation is 1. The van der Waals surface area contributed by atoms with Crippen LogP contribution in [-0.2, 0) is 6.54 Å². The van der Waals surface area contributed by atoms with E-state index < -0.39 is 0 Å². The molecule has 1 N–H and O–H groups in total. The molecule has 1 saturated heterocycles. The van der Waals surface area contributed by atoms with E-state index in [9.17, 15) is 5.11 Å². The molecule has 1 aliphatic heterocycles. The highest BCUT2D eigenvalue weighted by atomic mass is 16.5. The number of hydrogen-bond acceptors (Lipinski definition) is 3. The van der Waals surface area contributed by atoms with Gasteiger partial charge in [0.1, 0.15) is 5.75 Å². The third-order valence-electron chi connectivity index (χ3n) is 5.34. The number of hydrogen-bond donors (Lipinski definition) is 1. The number of fused-ring (bicyclic) bond motifs is 1. The van der Waals surface area contributed by atoms with Crippen molar-refractivity contribution in [3.63, 3.8) is 0 Å². The Morgan fingerprint density at radius 2 is 2.19 bits per heavy atom. The van der Waals surface area contributed by atoms with Crippen molar-refractivity contribution in [2.24, 2.45) is 5.92 Å². The normalized spacial score (nSPS) is 30.0. The van der Waals surface area contributed by atoms with Crippen LogP contribution in [0.4, 0.5) is 0 Å². The molecule has 116 valence electrons. The molecule has 2 fully saturated rings. The number of rotatable bonds is 3. The third-order valence-corrected chi connectivity index (χ3v) is 5.34. The maximum atomic E-state index is 10.8. The largest absolute Gasteiger partial charge is 0.496 e. The molecule has 2 aliphatic rings. The first-order chi connectivity index (χ1) is 10.1. The van der Waals surface area contributed by atoms with Crippen molar-refractivity contribution in [2.75, 3.05) is 20.2 Å². The van der Waals surface area contributed by atoms with E-state index in [0.717, 1.165) is 38.2 Å². The monoisotopic (exact) mass is 289 g/mol. The van der Waals surface area contributed by atoms with Gasteiger partial charge in [-0.1, -0.05) is 30.5 Å². The SMILES string of the molecule is COc1ccc(C)cc1CN1CCC2(O)CCCCC2C1. The summed E-state index contributed by atoms with van der Waals surface area (Å²) in [6.45, 7) is 5.06. The number of ether oxygens (including phenoxy) is 1. The van der Waals surface area contributed by atoms with E-state index >= 15 is 0 Å². The van der Waals surface area contributed by atoms with E-state index in [0.29, 0.717) is 5.92 Å². The van der Waals surface area contributed by atoms with Crippen molar-refractivity contribution in [2.45, 2.75) is 51.2 Å². The number of likely N-dealkylation sites (tertiary alicyclic amines) is 1. The van der Waals surface area contributed by atoms with E-state index in [1.54, 1.807) is 7.11 Å². The minimum absolute atomic E-state index is 0.383. The van der Waals surface area contributed by atoms with Crippen LogP contribution in [0.25, 0.3) is 0 Å². The summed E-state index contributed by atoms with van der Waals surface area (Å²) in [4.78, 5) is 2.49. The highest BCUT2D eigenvalue weighted by Gasteiger charge is 2.42. The molecule has 2 unspecified atom stereocenters. The zero-order valence-electron chi connectivity index (χ0n) is 13.3. The van der Waals surface area contributed by atoms with Crippen molar-refractivity contribution >= 4 is 0 Å². The molecule has 0 bridgehead atoms.